The number of benzene rings is 1. The molecule has 3 nitrogen and oxygen atoms in total. The SMILES string of the molecule is CCCN(CCc1c[nH]c2cccc(O)c12)C(C)C. The molecule has 0 saturated carbocycles. The van der Waals surface area contributed by atoms with Crippen LogP contribution >= 0.6 is 0 Å². The summed E-state index contributed by atoms with van der Waals surface area (Å²) in [5.41, 5.74) is 2.22. The molecule has 0 fully saturated rings. The number of fused-ring (bicyclic) bond motifs is 1. The second kappa shape index (κ2) is 6.11. The molecule has 2 aromatic rings. The van der Waals surface area contributed by atoms with Gasteiger partial charge in [-0.3, -0.25) is 0 Å². The zero-order valence-corrected chi connectivity index (χ0v) is 12.1. The number of nitrogens with one attached hydrogen (secondary N) is 1. The molecule has 0 bridgehead atoms. The molecule has 0 unspecified atom stereocenters. The number of phenolic OH excluding ortho intramolecular Hbond substituents is 1. The number of aromatic nitrogens is 1. The lowest BCUT2D eigenvalue weighted by Gasteiger charge is -2.25. The zero-order valence-electron chi connectivity index (χ0n) is 12.1. The summed E-state index contributed by atoms with van der Waals surface area (Å²) in [6, 6.07) is 6.20. The van der Waals surface area contributed by atoms with Gasteiger partial charge in [0.25, 0.3) is 0 Å². The van der Waals surface area contributed by atoms with Crippen LogP contribution in [0, 0.1) is 0 Å². The van der Waals surface area contributed by atoms with Gasteiger partial charge in [-0.2, -0.15) is 0 Å². The van der Waals surface area contributed by atoms with Crippen LogP contribution in [0.4, 0.5) is 0 Å². The van der Waals surface area contributed by atoms with E-state index in [1.54, 1.807) is 6.07 Å². The van der Waals surface area contributed by atoms with Crippen molar-refractivity contribution in [2.75, 3.05) is 13.1 Å². The van der Waals surface area contributed by atoms with Gasteiger partial charge in [-0.25, -0.2) is 0 Å². The predicted octanol–water partition coefficient (Wildman–Crippen LogP) is 3.54. The number of hydrogen-bond donors (Lipinski definition) is 2. The van der Waals surface area contributed by atoms with Crippen LogP contribution in [0.5, 0.6) is 5.75 Å². The fraction of sp³-hybridized carbons (Fsp3) is 0.500. The number of aromatic hydroxyl groups is 1. The van der Waals surface area contributed by atoms with E-state index in [0.29, 0.717) is 11.8 Å². The van der Waals surface area contributed by atoms with Crippen LogP contribution in [0.3, 0.4) is 0 Å². The van der Waals surface area contributed by atoms with Crippen molar-refractivity contribution < 1.29 is 5.11 Å². The number of hydrogen-bond acceptors (Lipinski definition) is 2. The monoisotopic (exact) mass is 260 g/mol. The van der Waals surface area contributed by atoms with E-state index in [-0.39, 0.29) is 0 Å². The standard InChI is InChI=1S/C16H24N2O/c1-4-9-18(12(2)3)10-8-13-11-17-14-6-5-7-15(19)16(13)14/h5-7,11-12,17,19H,4,8-10H2,1-3H3. The molecule has 0 atom stereocenters. The summed E-state index contributed by atoms with van der Waals surface area (Å²) >= 11 is 0. The molecule has 2 rings (SSSR count). The van der Waals surface area contributed by atoms with Crippen molar-refractivity contribution >= 4 is 10.9 Å². The average Bonchev–Trinajstić information content (AvgIpc) is 2.79. The molecule has 2 N–H and O–H groups in total. The Labute approximate surface area is 115 Å². The first kappa shape index (κ1) is 13.9. The van der Waals surface area contributed by atoms with Crippen LogP contribution in [0.25, 0.3) is 10.9 Å². The molecule has 0 aliphatic heterocycles. The summed E-state index contributed by atoms with van der Waals surface area (Å²) in [6.07, 6.45) is 4.17. The number of aromatic amines is 1. The van der Waals surface area contributed by atoms with E-state index in [1.807, 2.05) is 18.3 Å². The molecule has 1 aromatic carbocycles. The fourth-order valence-corrected chi connectivity index (χ4v) is 2.61. The average molecular weight is 260 g/mol. The highest BCUT2D eigenvalue weighted by Gasteiger charge is 2.11. The Morgan fingerprint density at radius 3 is 2.74 bits per heavy atom. The molecule has 104 valence electrons. The summed E-state index contributed by atoms with van der Waals surface area (Å²) < 4.78 is 0. The summed E-state index contributed by atoms with van der Waals surface area (Å²) in [5.74, 6) is 0.375. The molecule has 0 amide bonds. The lowest BCUT2D eigenvalue weighted by atomic mass is 10.1. The minimum atomic E-state index is 0.375. The van der Waals surface area contributed by atoms with E-state index in [0.717, 1.165) is 30.4 Å². The second-order valence-electron chi connectivity index (χ2n) is 5.39. The minimum absolute atomic E-state index is 0.375. The maximum Gasteiger partial charge on any atom is 0.125 e. The third-order valence-corrected chi connectivity index (χ3v) is 3.67. The molecule has 0 radical (unpaired) electrons. The van der Waals surface area contributed by atoms with Gasteiger partial charge >= 0.3 is 0 Å². The first-order chi connectivity index (χ1) is 9.13. The molecular weight excluding hydrogens is 236 g/mol. The Hall–Kier alpha value is -1.48. The lowest BCUT2D eigenvalue weighted by molar-refractivity contribution is 0.225. The zero-order chi connectivity index (χ0) is 13.8. The third-order valence-electron chi connectivity index (χ3n) is 3.67. The fourth-order valence-electron chi connectivity index (χ4n) is 2.61. The summed E-state index contributed by atoms with van der Waals surface area (Å²) in [4.78, 5) is 5.72. The van der Waals surface area contributed by atoms with Gasteiger partial charge in [-0.15, -0.1) is 0 Å². The normalized spacial score (nSPS) is 11.8. The van der Waals surface area contributed by atoms with Gasteiger partial charge in [0.05, 0.1) is 0 Å². The summed E-state index contributed by atoms with van der Waals surface area (Å²) in [7, 11) is 0. The van der Waals surface area contributed by atoms with Crippen LogP contribution in [0.15, 0.2) is 24.4 Å². The molecule has 0 spiro atoms. The minimum Gasteiger partial charge on any atom is -0.507 e. The number of H-pyrrole nitrogens is 1. The van der Waals surface area contributed by atoms with E-state index in [1.165, 1.54) is 12.0 Å². The van der Waals surface area contributed by atoms with Gasteiger partial charge in [-0.05, 0) is 50.9 Å². The highest BCUT2D eigenvalue weighted by Crippen LogP contribution is 2.27. The van der Waals surface area contributed by atoms with E-state index < -0.39 is 0 Å². The topological polar surface area (TPSA) is 39.3 Å². The Bertz CT molecular complexity index is 531. The van der Waals surface area contributed by atoms with Gasteiger partial charge in [0.1, 0.15) is 5.75 Å². The van der Waals surface area contributed by atoms with Gasteiger partial charge < -0.3 is 15.0 Å². The first-order valence-corrected chi connectivity index (χ1v) is 7.15. The van der Waals surface area contributed by atoms with E-state index in [9.17, 15) is 5.11 Å². The summed E-state index contributed by atoms with van der Waals surface area (Å²) in [5, 5.41) is 11.0. The summed E-state index contributed by atoms with van der Waals surface area (Å²) in [6.45, 7) is 8.86. The van der Waals surface area contributed by atoms with Crippen LogP contribution < -0.4 is 0 Å². The van der Waals surface area contributed by atoms with Gasteiger partial charge in [0.2, 0.25) is 0 Å². The smallest absolute Gasteiger partial charge is 0.125 e. The highest BCUT2D eigenvalue weighted by atomic mass is 16.3. The van der Waals surface area contributed by atoms with Crippen LogP contribution in [0.1, 0.15) is 32.8 Å². The maximum absolute atomic E-state index is 9.99. The molecule has 0 aliphatic rings. The Kier molecular flexibility index (Phi) is 4.48. The predicted molar refractivity (Wildman–Crippen MR) is 80.7 cm³/mol. The van der Waals surface area contributed by atoms with Crippen LogP contribution in [-0.4, -0.2) is 34.1 Å². The Balaban J connectivity index is 2.13. The van der Waals surface area contributed by atoms with Crippen molar-refractivity contribution in [3.05, 3.63) is 30.0 Å². The first-order valence-electron chi connectivity index (χ1n) is 7.15. The van der Waals surface area contributed by atoms with E-state index in [2.05, 4.69) is 30.7 Å². The van der Waals surface area contributed by atoms with Crippen molar-refractivity contribution in [3.8, 4) is 5.75 Å². The van der Waals surface area contributed by atoms with Crippen LogP contribution in [-0.2, 0) is 6.42 Å². The van der Waals surface area contributed by atoms with Gasteiger partial charge in [0.15, 0.2) is 0 Å². The molecule has 1 aromatic heterocycles. The number of nitrogens with zero attached hydrogens (tertiary/aromatic N) is 1. The largest absolute Gasteiger partial charge is 0.507 e. The van der Waals surface area contributed by atoms with Crippen molar-refractivity contribution in [1.29, 1.82) is 0 Å². The molecule has 0 aliphatic carbocycles. The lowest BCUT2D eigenvalue weighted by Crippen LogP contribution is -2.33. The van der Waals surface area contributed by atoms with Gasteiger partial charge in [-0.1, -0.05) is 13.0 Å². The van der Waals surface area contributed by atoms with E-state index >= 15 is 0 Å². The Morgan fingerprint density at radius 2 is 2.05 bits per heavy atom. The third kappa shape index (κ3) is 3.10. The van der Waals surface area contributed by atoms with Crippen molar-refractivity contribution in [2.45, 2.75) is 39.7 Å². The molecule has 0 saturated heterocycles. The number of phenols is 1. The Morgan fingerprint density at radius 1 is 1.26 bits per heavy atom. The maximum atomic E-state index is 9.99. The molecule has 19 heavy (non-hydrogen) atoms. The van der Waals surface area contributed by atoms with Crippen molar-refractivity contribution in [2.24, 2.45) is 0 Å². The second-order valence-corrected chi connectivity index (χ2v) is 5.39. The molecule has 1 heterocycles. The highest BCUT2D eigenvalue weighted by molar-refractivity contribution is 5.88. The quantitative estimate of drug-likeness (QED) is 0.834. The van der Waals surface area contributed by atoms with Crippen LogP contribution in [0.2, 0.25) is 0 Å². The molecular formula is C16H24N2O. The van der Waals surface area contributed by atoms with Gasteiger partial charge in [0, 0.05) is 29.7 Å². The van der Waals surface area contributed by atoms with Crippen molar-refractivity contribution in [1.82, 2.24) is 9.88 Å². The number of rotatable bonds is 6. The van der Waals surface area contributed by atoms with E-state index in [4.69, 9.17) is 0 Å². The molecule has 3 heteroatoms. The van der Waals surface area contributed by atoms with Crippen molar-refractivity contribution in [3.63, 3.8) is 0 Å².